The molecule has 0 amide bonds. The molecular formula is C17H23Cl2NO3S. The smallest absolute Gasteiger partial charge is 0.188 e. The fraction of sp³-hybridized carbons (Fsp3) is 0.529. The quantitative estimate of drug-likeness (QED) is 0.413. The van der Waals surface area contributed by atoms with Crippen molar-refractivity contribution < 1.29 is 14.0 Å². The van der Waals surface area contributed by atoms with E-state index in [-0.39, 0.29) is 17.6 Å². The van der Waals surface area contributed by atoms with Crippen LogP contribution in [0.1, 0.15) is 38.8 Å². The molecule has 1 aliphatic heterocycles. The molecule has 4 nitrogen and oxygen atoms in total. The molecular weight excluding hydrogens is 369 g/mol. The zero-order valence-electron chi connectivity index (χ0n) is 14.4. The lowest BCUT2D eigenvalue weighted by molar-refractivity contribution is 0.0498. The minimum atomic E-state index is -1.21. The van der Waals surface area contributed by atoms with Crippen molar-refractivity contribution in [2.24, 2.45) is 0 Å². The lowest BCUT2D eigenvalue weighted by Crippen LogP contribution is -2.42. The van der Waals surface area contributed by atoms with Gasteiger partial charge in [-0.3, -0.25) is 0 Å². The second-order valence-corrected chi connectivity index (χ2v) is 9.71. The maximum Gasteiger partial charge on any atom is 0.188 e. The number of methoxy groups -OCH3 is 1. The summed E-state index contributed by atoms with van der Waals surface area (Å²) in [5.41, 5.74) is 1.74. The van der Waals surface area contributed by atoms with E-state index in [1.165, 1.54) is 0 Å². The van der Waals surface area contributed by atoms with Crippen LogP contribution in [0.4, 0.5) is 0 Å². The summed E-state index contributed by atoms with van der Waals surface area (Å²) in [6.07, 6.45) is 0.658. The van der Waals surface area contributed by atoms with E-state index in [1.54, 1.807) is 19.2 Å². The van der Waals surface area contributed by atoms with Crippen molar-refractivity contribution in [3.63, 3.8) is 0 Å². The molecule has 1 saturated heterocycles. The van der Waals surface area contributed by atoms with Gasteiger partial charge in [0.15, 0.2) is 6.79 Å². The molecule has 1 aromatic carbocycles. The second kappa shape index (κ2) is 7.85. The van der Waals surface area contributed by atoms with E-state index in [9.17, 15) is 4.55 Å². The predicted molar refractivity (Wildman–Crippen MR) is 100 cm³/mol. The minimum Gasteiger partial charge on any atom is -0.597 e. The van der Waals surface area contributed by atoms with E-state index >= 15 is 0 Å². The number of nitrogens with zero attached hydrogens (tertiary/aromatic N) is 1. The standard InChI is InChI=1S/C17H23Cl2NO3S/c1-11-8-13(20(9-11)24(21)17(2,3)4)15-14(23-10-22-5)7-6-12(18)16(15)19/h6-7,13H,1,8-10H2,2-5H3/t13-,24-/m1/s1. The topological polar surface area (TPSA) is 44.8 Å². The number of rotatable bonds is 5. The summed E-state index contributed by atoms with van der Waals surface area (Å²) in [6, 6.07) is 3.25. The molecule has 7 heteroatoms. The largest absolute Gasteiger partial charge is 0.597 e. The summed E-state index contributed by atoms with van der Waals surface area (Å²) in [5.74, 6) is 0.585. The molecule has 1 fully saturated rings. The first kappa shape index (κ1) is 19.9. The van der Waals surface area contributed by atoms with Crippen LogP contribution >= 0.6 is 23.2 Å². The molecule has 0 N–H and O–H groups in total. The summed E-state index contributed by atoms with van der Waals surface area (Å²) in [6.45, 7) is 10.6. The second-order valence-electron chi connectivity index (χ2n) is 6.73. The first-order chi connectivity index (χ1) is 11.2. The summed E-state index contributed by atoms with van der Waals surface area (Å²) in [5, 5.41) is 0.858. The van der Waals surface area contributed by atoms with Gasteiger partial charge in [-0.25, -0.2) is 0 Å². The van der Waals surface area contributed by atoms with E-state index in [4.69, 9.17) is 32.7 Å². The lowest BCUT2D eigenvalue weighted by atomic mass is 10.0. The normalized spacial score (nSPS) is 20.5. The SMILES string of the molecule is C=C1C[C@H](c2c(OCOC)ccc(Cl)c2Cl)N([S@+]([O-])C(C)(C)C)C1. The van der Waals surface area contributed by atoms with Crippen molar-refractivity contribution in [1.29, 1.82) is 0 Å². The maximum atomic E-state index is 13.0. The highest BCUT2D eigenvalue weighted by molar-refractivity contribution is 7.90. The van der Waals surface area contributed by atoms with Crippen LogP contribution in [0.15, 0.2) is 24.3 Å². The van der Waals surface area contributed by atoms with Gasteiger partial charge >= 0.3 is 0 Å². The van der Waals surface area contributed by atoms with E-state index in [0.717, 1.165) is 11.1 Å². The van der Waals surface area contributed by atoms with Gasteiger partial charge in [-0.2, -0.15) is 0 Å². The van der Waals surface area contributed by atoms with Crippen molar-refractivity contribution >= 4 is 34.6 Å². The highest BCUT2D eigenvalue weighted by Gasteiger charge is 2.44. The highest BCUT2D eigenvalue weighted by Crippen LogP contribution is 2.47. The Morgan fingerprint density at radius 2 is 2.04 bits per heavy atom. The van der Waals surface area contributed by atoms with Gasteiger partial charge in [0.2, 0.25) is 0 Å². The van der Waals surface area contributed by atoms with Crippen LogP contribution < -0.4 is 4.74 Å². The van der Waals surface area contributed by atoms with Crippen LogP contribution in [0.25, 0.3) is 0 Å². The molecule has 1 heterocycles. The Hall–Kier alpha value is -0.430. The van der Waals surface area contributed by atoms with Gasteiger partial charge in [-0.1, -0.05) is 35.4 Å². The maximum absolute atomic E-state index is 13.0. The van der Waals surface area contributed by atoms with Crippen LogP contribution in [0, 0.1) is 0 Å². The number of benzene rings is 1. The van der Waals surface area contributed by atoms with Crippen LogP contribution in [0.3, 0.4) is 0 Å². The number of hydrogen-bond acceptors (Lipinski definition) is 4. The van der Waals surface area contributed by atoms with E-state index in [1.807, 2.05) is 25.1 Å². The molecule has 1 aliphatic rings. The summed E-state index contributed by atoms with van der Waals surface area (Å²) in [4.78, 5) is 0. The number of halogens is 2. The molecule has 2 atom stereocenters. The Labute approximate surface area is 157 Å². The predicted octanol–water partition coefficient (Wildman–Crippen LogP) is 4.74. The van der Waals surface area contributed by atoms with Crippen LogP contribution in [-0.4, -0.2) is 34.1 Å². The Bertz CT molecular complexity index is 619. The fourth-order valence-corrected chi connectivity index (χ4v) is 4.51. The van der Waals surface area contributed by atoms with Gasteiger partial charge in [0.05, 0.1) is 22.6 Å². The zero-order valence-corrected chi connectivity index (χ0v) is 16.7. The average Bonchev–Trinajstić information content (AvgIpc) is 2.88. The van der Waals surface area contributed by atoms with Crippen molar-refractivity contribution in [2.45, 2.75) is 38.0 Å². The van der Waals surface area contributed by atoms with Crippen LogP contribution in [0.2, 0.25) is 10.0 Å². The van der Waals surface area contributed by atoms with Gasteiger partial charge in [0, 0.05) is 24.0 Å². The Balaban J connectivity index is 2.47. The number of hydrogen-bond donors (Lipinski definition) is 0. The van der Waals surface area contributed by atoms with Gasteiger partial charge in [0.25, 0.3) is 0 Å². The van der Waals surface area contributed by atoms with Crippen molar-refractivity contribution in [1.82, 2.24) is 4.31 Å². The van der Waals surface area contributed by atoms with E-state index in [2.05, 4.69) is 6.58 Å². The summed E-state index contributed by atoms with van der Waals surface area (Å²) in [7, 11) is 1.55. The van der Waals surface area contributed by atoms with Gasteiger partial charge < -0.3 is 14.0 Å². The lowest BCUT2D eigenvalue weighted by Gasteiger charge is -2.34. The molecule has 0 spiro atoms. The molecule has 0 saturated carbocycles. The van der Waals surface area contributed by atoms with Crippen LogP contribution in [-0.2, 0) is 16.1 Å². The highest BCUT2D eigenvalue weighted by atomic mass is 35.5. The van der Waals surface area contributed by atoms with Gasteiger partial charge in [-0.15, -0.1) is 4.31 Å². The molecule has 2 rings (SSSR count). The summed E-state index contributed by atoms with van der Waals surface area (Å²) >= 11 is 11.5. The fourth-order valence-electron chi connectivity index (χ4n) is 2.65. The van der Waals surface area contributed by atoms with Crippen LogP contribution in [0.5, 0.6) is 5.75 Å². The van der Waals surface area contributed by atoms with Crippen molar-refractivity contribution in [2.75, 3.05) is 20.4 Å². The first-order valence-electron chi connectivity index (χ1n) is 7.61. The molecule has 0 aromatic heterocycles. The molecule has 0 unspecified atom stereocenters. The van der Waals surface area contributed by atoms with E-state index < -0.39 is 11.4 Å². The molecule has 134 valence electrons. The third-order valence-corrected chi connectivity index (χ3v) is 6.38. The number of ether oxygens (including phenoxy) is 2. The Morgan fingerprint density at radius 3 is 2.62 bits per heavy atom. The average molecular weight is 392 g/mol. The zero-order chi connectivity index (χ0) is 18.1. The van der Waals surface area contributed by atoms with E-state index in [0.29, 0.717) is 28.8 Å². The van der Waals surface area contributed by atoms with Crippen molar-refractivity contribution in [3.8, 4) is 5.75 Å². The molecule has 24 heavy (non-hydrogen) atoms. The molecule has 0 radical (unpaired) electrons. The Kier molecular flexibility index (Phi) is 6.51. The third-order valence-electron chi connectivity index (χ3n) is 3.70. The molecule has 1 aromatic rings. The van der Waals surface area contributed by atoms with Crippen molar-refractivity contribution in [3.05, 3.63) is 39.9 Å². The summed E-state index contributed by atoms with van der Waals surface area (Å²) < 4.78 is 25.2. The minimum absolute atomic E-state index is 0.0982. The molecule has 0 bridgehead atoms. The monoisotopic (exact) mass is 391 g/mol. The molecule has 0 aliphatic carbocycles. The van der Waals surface area contributed by atoms with Gasteiger partial charge in [0.1, 0.15) is 10.5 Å². The first-order valence-corrected chi connectivity index (χ1v) is 9.48. The Morgan fingerprint density at radius 1 is 1.38 bits per heavy atom. The van der Waals surface area contributed by atoms with Gasteiger partial charge in [-0.05, 0) is 39.3 Å². The third kappa shape index (κ3) is 4.21.